The Morgan fingerprint density at radius 3 is 2.85 bits per heavy atom. The summed E-state index contributed by atoms with van der Waals surface area (Å²) in [6.45, 7) is 4.12. The van der Waals surface area contributed by atoms with Gasteiger partial charge in [0.1, 0.15) is 6.04 Å². The van der Waals surface area contributed by atoms with Gasteiger partial charge in [-0.1, -0.05) is 13.8 Å². The summed E-state index contributed by atoms with van der Waals surface area (Å²) in [5.74, 6) is 0.889. The first-order valence-corrected chi connectivity index (χ1v) is 7.54. The van der Waals surface area contributed by atoms with Gasteiger partial charge in [0.15, 0.2) is 0 Å². The van der Waals surface area contributed by atoms with Crippen molar-refractivity contribution in [1.29, 1.82) is 5.26 Å². The van der Waals surface area contributed by atoms with Crippen molar-refractivity contribution >= 4 is 5.91 Å². The van der Waals surface area contributed by atoms with E-state index in [0.29, 0.717) is 24.7 Å². The summed E-state index contributed by atoms with van der Waals surface area (Å²) in [4.78, 5) is 14.5. The van der Waals surface area contributed by atoms with Crippen LogP contribution in [0.4, 0.5) is 0 Å². The fourth-order valence-electron chi connectivity index (χ4n) is 4.31. The van der Waals surface area contributed by atoms with E-state index in [2.05, 4.69) is 13.0 Å². The third-order valence-electron chi connectivity index (χ3n) is 5.84. The predicted molar refractivity (Wildman–Crippen MR) is 73.2 cm³/mol. The molecule has 0 aromatic rings. The first-order chi connectivity index (χ1) is 9.39. The fraction of sp³-hybridized carbons (Fsp3) is 0.867. The molecule has 2 aliphatic carbocycles. The Bertz CT molecular complexity index is 474. The number of piperidine rings is 1. The van der Waals surface area contributed by atoms with E-state index in [1.807, 2.05) is 6.92 Å². The molecule has 0 aromatic heterocycles. The molecule has 4 unspecified atom stereocenters. The Morgan fingerprint density at radius 2 is 2.30 bits per heavy atom. The predicted octanol–water partition coefficient (Wildman–Crippen LogP) is 0.624. The van der Waals surface area contributed by atoms with Gasteiger partial charge in [-0.3, -0.25) is 4.79 Å². The van der Waals surface area contributed by atoms with Crippen molar-refractivity contribution in [2.75, 3.05) is 0 Å². The number of aliphatic hydroxyl groups excluding tert-OH is 1. The van der Waals surface area contributed by atoms with Gasteiger partial charge in [-0.15, -0.1) is 0 Å². The lowest BCUT2D eigenvalue weighted by molar-refractivity contribution is -0.136. The first-order valence-electron chi connectivity index (χ1n) is 7.54. The molecule has 20 heavy (non-hydrogen) atoms. The number of hydrogen-bond acceptors (Lipinski definition) is 4. The average Bonchev–Trinajstić information content (AvgIpc) is 2.81. The minimum Gasteiger partial charge on any atom is -0.393 e. The van der Waals surface area contributed by atoms with Gasteiger partial charge < -0.3 is 15.7 Å². The van der Waals surface area contributed by atoms with Crippen LogP contribution in [0.1, 0.15) is 39.5 Å². The lowest BCUT2D eigenvalue weighted by atomic mass is 9.80. The van der Waals surface area contributed by atoms with Crippen molar-refractivity contribution in [3.05, 3.63) is 0 Å². The molecule has 7 atom stereocenters. The van der Waals surface area contributed by atoms with Crippen LogP contribution < -0.4 is 5.73 Å². The molecular weight excluding hydrogens is 254 g/mol. The molecule has 5 nitrogen and oxygen atoms in total. The molecule has 3 N–H and O–H groups in total. The highest BCUT2D eigenvalue weighted by atomic mass is 16.3. The zero-order chi connectivity index (χ0) is 14.7. The average molecular weight is 277 g/mol. The lowest BCUT2D eigenvalue weighted by Gasteiger charge is -2.35. The molecule has 3 rings (SSSR count). The molecule has 0 aromatic carbocycles. The smallest absolute Gasteiger partial charge is 0.241 e. The van der Waals surface area contributed by atoms with E-state index in [1.54, 1.807) is 4.90 Å². The van der Waals surface area contributed by atoms with E-state index < -0.39 is 6.04 Å². The Morgan fingerprint density at radius 1 is 1.60 bits per heavy atom. The fourth-order valence-corrected chi connectivity index (χ4v) is 4.31. The number of nitriles is 1. The minimum atomic E-state index is -0.609. The van der Waals surface area contributed by atoms with E-state index >= 15 is 0 Å². The lowest BCUT2D eigenvalue weighted by Crippen LogP contribution is -2.54. The molecule has 3 aliphatic rings. The summed E-state index contributed by atoms with van der Waals surface area (Å²) < 4.78 is 0. The number of carbonyl (C=O) groups excluding carboxylic acids is 1. The van der Waals surface area contributed by atoms with E-state index in [4.69, 9.17) is 5.73 Å². The van der Waals surface area contributed by atoms with Crippen molar-refractivity contribution in [3.63, 3.8) is 0 Å². The normalized spacial score (nSPS) is 47.8. The number of hydrogen-bond donors (Lipinski definition) is 2. The summed E-state index contributed by atoms with van der Waals surface area (Å²) in [7, 11) is 0. The highest BCUT2D eigenvalue weighted by molar-refractivity contribution is 5.84. The number of amides is 1. The minimum absolute atomic E-state index is 0.0926. The second-order valence-corrected chi connectivity index (χ2v) is 7.17. The third kappa shape index (κ3) is 1.86. The largest absolute Gasteiger partial charge is 0.393 e. The maximum atomic E-state index is 12.8. The van der Waals surface area contributed by atoms with Crippen LogP contribution in [0.3, 0.4) is 0 Å². The van der Waals surface area contributed by atoms with Crippen LogP contribution in [0.2, 0.25) is 0 Å². The molecule has 0 spiro atoms. The van der Waals surface area contributed by atoms with Crippen LogP contribution in [-0.2, 0) is 4.79 Å². The first kappa shape index (κ1) is 13.8. The quantitative estimate of drug-likeness (QED) is 0.774. The summed E-state index contributed by atoms with van der Waals surface area (Å²) in [5, 5.41) is 19.0. The zero-order valence-corrected chi connectivity index (χ0v) is 12.1. The van der Waals surface area contributed by atoms with Gasteiger partial charge in [0.2, 0.25) is 5.91 Å². The molecule has 5 heteroatoms. The Labute approximate surface area is 119 Å². The van der Waals surface area contributed by atoms with Crippen LogP contribution in [-0.4, -0.2) is 40.1 Å². The molecule has 1 saturated heterocycles. The van der Waals surface area contributed by atoms with Crippen molar-refractivity contribution in [2.24, 2.45) is 23.0 Å². The third-order valence-corrected chi connectivity index (χ3v) is 5.84. The van der Waals surface area contributed by atoms with E-state index in [-0.39, 0.29) is 29.5 Å². The number of nitrogens with zero attached hydrogens (tertiary/aromatic N) is 2. The molecule has 1 aliphatic heterocycles. The van der Waals surface area contributed by atoms with Gasteiger partial charge in [0.05, 0.1) is 18.2 Å². The van der Waals surface area contributed by atoms with Crippen LogP contribution in [0, 0.1) is 28.6 Å². The monoisotopic (exact) mass is 277 g/mol. The summed E-state index contributed by atoms with van der Waals surface area (Å²) in [6.07, 6.45) is 2.50. The summed E-state index contributed by atoms with van der Waals surface area (Å²) >= 11 is 0. The van der Waals surface area contributed by atoms with Gasteiger partial charge in [-0.25, -0.2) is 0 Å². The molecule has 1 heterocycles. The Hall–Kier alpha value is -1.12. The molecule has 3 fully saturated rings. The highest BCUT2D eigenvalue weighted by Crippen LogP contribution is 2.53. The maximum absolute atomic E-state index is 12.8. The van der Waals surface area contributed by atoms with Crippen molar-refractivity contribution in [2.45, 2.75) is 63.8 Å². The number of fused-ring (bicyclic) bond motifs is 1. The number of rotatable bonds is 2. The van der Waals surface area contributed by atoms with Crippen molar-refractivity contribution in [3.8, 4) is 6.07 Å². The Balaban J connectivity index is 1.77. The van der Waals surface area contributed by atoms with E-state index in [0.717, 1.165) is 12.8 Å². The maximum Gasteiger partial charge on any atom is 0.241 e. The topological polar surface area (TPSA) is 90.4 Å². The number of nitrogens with two attached hydrogens (primary N) is 1. The van der Waals surface area contributed by atoms with Gasteiger partial charge in [0, 0.05) is 6.04 Å². The van der Waals surface area contributed by atoms with Crippen molar-refractivity contribution in [1.82, 2.24) is 4.90 Å². The van der Waals surface area contributed by atoms with Crippen LogP contribution in [0.25, 0.3) is 0 Å². The Kier molecular flexibility index (Phi) is 3.07. The van der Waals surface area contributed by atoms with Crippen LogP contribution in [0.5, 0.6) is 0 Å². The van der Waals surface area contributed by atoms with E-state index in [1.165, 1.54) is 0 Å². The summed E-state index contributed by atoms with van der Waals surface area (Å²) in [6, 6.07) is 1.54. The molecule has 0 radical (unpaired) electrons. The van der Waals surface area contributed by atoms with Crippen molar-refractivity contribution < 1.29 is 9.90 Å². The molecule has 1 amide bonds. The van der Waals surface area contributed by atoms with Gasteiger partial charge in [0.25, 0.3) is 0 Å². The van der Waals surface area contributed by atoms with Crippen LogP contribution >= 0.6 is 0 Å². The summed E-state index contributed by atoms with van der Waals surface area (Å²) in [5.41, 5.74) is 5.89. The van der Waals surface area contributed by atoms with E-state index in [9.17, 15) is 15.2 Å². The standard InChI is InChI=1S/C15H23N3O2/c1-8-11-5-9(7-16)18(12(8)11)14(20)13(17)15(2)4-3-10(19)6-15/h8-13,19H,3-6,17H2,1-2H3/t8-,9-,10?,11?,12?,13+,15?/m0/s1. The number of aliphatic hydroxyl groups is 1. The highest BCUT2D eigenvalue weighted by Gasteiger charge is 2.61. The zero-order valence-electron chi connectivity index (χ0n) is 12.1. The van der Waals surface area contributed by atoms with Gasteiger partial charge in [-0.05, 0) is 42.9 Å². The molecular formula is C15H23N3O2. The van der Waals surface area contributed by atoms with Gasteiger partial charge in [-0.2, -0.15) is 5.26 Å². The second kappa shape index (κ2) is 4.44. The van der Waals surface area contributed by atoms with Gasteiger partial charge >= 0.3 is 0 Å². The second-order valence-electron chi connectivity index (χ2n) is 7.17. The molecule has 110 valence electrons. The van der Waals surface area contributed by atoms with Crippen LogP contribution in [0.15, 0.2) is 0 Å². The molecule has 2 saturated carbocycles. The number of likely N-dealkylation sites (tertiary alicyclic amines) is 1. The SMILES string of the molecule is C[C@H]1C2C[C@@H](C#N)N(C(=O)[C@@H](N)C3(C)CCC(O)C3)C21. The molecule has 0 bridgehead atoms. The number of carbonyl (C=O) groups is 1.